The Bertz CT molecular complexity index is 1280. The summed E-state index contributed by atoms with van der Waals surface area (Å²) in [6.07, 6.45) is 5.01. The fourth-order valence-electron chi connectivity index (χ4n) is 4.35. The highest BCUT2D eigenvalue weighted by Gasteiger charge is 2.34. The van der Waals surface area contributed by atoms with Gasteiger partial charge in [-0.15, -0.1) is 4.40 Å². The molecule has 0 unspecified atom stereocenters. The maximum absolute atomic E-state index is 12.7. The van der Waals surface area contributed by atoms with Gasteiger partial charge in [0.2, 0.25) is 5.91 Å². The number of carbonyl (C=O) groups is 1. The Balaban J connectivity index is 1.13. The van der Waals surface area contributed by atoms with Crippen LogP contribution in [0.15, 0.2) is 76.3 Å². The number of benzene rings is 2. The molecule has 170 valence electrons. The minimum Gasteiger partial charge on any atom is -0.355 e. The fourth-order valence-corrected chi connectivity index (χ4v) is 5.57. The molecule has 5 rings (SSSR count). The van der Waals surface area contributed by atoms with Crippen LogP contribution in [0.4, 0.5) is 0 Å². The molecule has 9 heteroatoms. The summed E-state index contributed by atoms with van der Waals surface area (Å²) < 4.78 is 30.5. The first-order valence-corrected chi connectivity index (χ1v) is 12.5. The van der Waals surface area contributed by atoms with Crippen LogP contribution in [-0.2, 0) is 27.9 Å². The first-order chi connectivity index (χ1) is 16.0. The number of nitrogens with one attached hydrogen (secondary N) is 1. The van der Waals surface area contributed by atoms with Gasteiger partial charge < -0.3 is 10.2 Å². The molecule has 0 atom stereocenters. The summed E-state index contributed by atoms with van der Waals surface area (Å²) in [6.45, 7) is 2.40. The molecule has 1 amide bonds. The lowest BCUT2D eigenvalue weighted by Crippen LogP contribution is -2.42. The summed E-state index contributed by atoms with van der Waals surface area (Å²) in [7, 11) is -3.63. The number of nitrogens with zero attached hydrogens (tertiary/aromatic N) is 4. The minimum absolute atomic E-state index is 0.0386. The second-order valence-corrected chi connectivity index (χ2v) is 9.96. The van der Waals surface area contributed by atoms with Gasteiger partial charge in [0.25, 0.3) is 10.0 Å². The molecular formula is C24H25N5O3S. The third kappa shape index (κ3) is 4.54. The largest absolute Gasteiger partial charge is 0.355 e. The number of hydrogen-bond acceptors (Lipinski definition) is 5. The Labute approximate surface area is 193 Å². The van der Waals surface area contributed by atoms with E-state index < -0.39 is 10.0 Å². The molecule has 1 N–H and O–H groups in total. The average Bonchev–Trinajstić information content (AvgIpc) is 3.44. The molecule has 0 aliphatic carbocycles. The van der Waals surface area contributed by atoms with Crippen molar-refractivity contribution in [1.29, 1.82) is 0 Å². The molecule has 2 aromatic carbocycles. The number of amidine groups is 1. The van der Waals surface area contributed by atoms with Crippen LogP contribution in [0.3, 0.4) is 0 Å². The minimum atomic E-state index is -3.63. The van der Waals surface area contributed by atoms with Crippen LogP contribution in [0.5, 0.6) is 0 Å². The Morgan fingerprint density at radius 2 is 1.73 bits per heavy atom. The van der Waals surface area contributed by atoms with Gasteiger partial charge in [-0.1, -0.05) is 36.4 Å². The molecule has 0 radical (unpaired) electrons. The van der Waals surface area contributed by atoms with Crippen molar-refractivity contribution < 1.29 is 13.2 Å². The highest BCUT2D eigenvalue weighted by molar-refractivity contribution is 7.90. The van der Waals surface area contributed by atoms with Crippen molar-refractivity contribution in [3.8, 4) is 0 Å². The van der Waals surface area contributed by atoms with Gasteiger partial charge in [0.15, 0.2) is 5.84 Å². The summed E-state index contributed by atoms with van der Waals surface area (Å²) in [5, 5.41) is 7.26. The summed E-state index contributed by atoms with van der Waals surface area (Å²) >= 11 is 0. The molecule has 0 bridgehead atoms. The van der Waals surface area contributed by atoms with E-state index in [2.05, 4.69) is 26.9 Å². The number of aromatic nitrogens is 2. The molecule has 1 saturated heterocycles. The van der Waals surface area contributed by atoms with Crippen molar-refractivity contribution in [2.75, 3.05) is 13.1 Å². The average molecular weight is 464 g/mol. The van der Waals surface area contributed by atoms with Gasteiger partial charge in [-0.05, 0) is 42.2 Å². The number of hydrogen-bond donors (Lipinski definition) is 1. The lowest BCUT2D eigenvalue weighted by atomic mass is 9.95. The van der Waals surface area contributed by atoms with Gasteiger partial charge in [-0.2, -0.15) is 13.5 Å². The molecule has 1 fully saturated rings. The molecule has 0 spiro atoms. The van der Waals surface area contributed by atoms with Gasteiger partial charge in [0.05, 0.1) is 6.54 Å². The summed E-state index contributed by atoms with van der Waals surface area (Å²) in [5.74, 6) is 0.450. The highest BCUT2D eigenvalue weighted by atomic mass is 32.2. The summed E-state index contributed by atoms with van der Waals surface area (Å²) in [6, 6.07) is 17.0. The maximum Gasteiger partial charge on any atom is 0.285 e. The zero-order chi connectivity index (χ0) is 22.8. The topological polar surface area (TPSA) is 96.7 Å². The Hall–Kier alpha value is -3.46. The predicted octanol–water partition coefficient (Wildman–Crippen LogP) is 2.41. The van der Waals surface area contributed by atoms with E-state index >= 15 is 0 Å². The van der Waals surface area contributed by atoms with Crippen LogP contribution in [0.2, 0.25) is 0 Å². The van der Waals surface area contributed by atoms with Crippen molar-refractivity contribution in [3.63, 3.8) is 0 Å². The third-order valence-corrected chi connectivity index (χ3v) is 7.50. The van der Waals surface area contributed by atoms with E-state index in [0.29, 0.717) is 43.9 Å². The quantitative estimate of drug-likeness (QED) is 0.627. The van der Waals surface area contributed by atoms with Crippen LogP contribution in [-0.4, -0.2) is 47.9 Å². The van der Waals surface area contributed by atoms with Crippen molar-refractivity contribution in [1.82, 2.24) is 20.0 Å². The molecule has 2 aliphatic heterocycles. The van der Waals surface area contributed by atoms with Crippen LogP contribution in [0.1, 0.15) is 29.5 Å². The SMILES string of the molecule is O=C(NCc1ccc(Cn2cccn2)cc1)C1CCN(C2=NS(=O)(=O)c3ccccc32)CC1. The summed E-state index contributed by atoms with van der Waals surface area (Å²) in [5.41, 5.74) is 2.85. The number of carbonyl (C=O) groups excluding carboxylic acids is 1. The van der Waals surface area contributed by atoms with Crippen LogP contribution in [0.25, 0.3) is 0 Å². The summed E-state index contributed by atoms with van der Waals surface area (Å²) in [4.78, 5) is 14.9. The van der Waals surface area contributed by atoms with Crippen molar-refractivity contribution in [3.05, 3.63) is 83.7 Å². The fraction of sp³-hybridized carbons (Fsp3) is 0.292. The highest BCUT2D eigenvalue weighted by Crippen LogP contribution is 2.29. The van der Waals surface area contributed by atoms with Crippen molar-refractivity contribution >= 4 is 21.8 Å². The second-order valence-electron chi connectivity index (χ2n) is 8.39. The lowest BCUT2D eigenvalue weighted by molar-refractivity contribution is -0.126. The zero-order valence-electron chi connectivity index (χ0n) is 18.1. The Morgan fingerprint density at radius 1 is 1.00 bits per heavy atom. The normalized spacial score (nSPS) is 17.5. The zero-order valence-corrected chi connectivity index (χ0v) is 18.9. The number of sulfonamides is 1. The van der Waals surface area contributed by atoms with Gasteiger partial charge >= 0.3 is 0 Å². The van der Waals surface area contributed by atoms with Gasteiger partial charge in [-0.25, -0.2) is 0 Å². The monoisotopic (exact) mass is 463 g/mol. The first kappa shape index (κ1) is 21.4. The van der Waals surface area contributed by atoms with Gasteiger partial charge in [0, 0.05) is 43.5 Å². The number of piperidine rings is 1. The Morgan fingerprint density at radius 3 is 2.45 bits per heavy atom. The molecule has 33 heavy (non-hydrogen) atoms. The third-order valence-electron chi connectivity index (χ3n) is 6.17. The van der Waals surface area contributed by atoms with E-state index in [1.165, 1.54) is 0 Å². The van der Waals surface area contributed by atoms with E-state index in [4.69, 9.17) is 0 Å². The van der Waals surface area contributed by atoms with Crippen molar-refractivity contribution in [2.45, 2.75) is 30.8 Å². The van der Waals surface area contributed by atoms with E-state index in [1.54, 1.807) is 24.4 Å². The van der Waals surface area contributed by atoms with Crippen molar-refractivity contribution in [2.24, 2.45) is 10.3 Å². The van der Waals surface area contributed by atoms with E-state index in [9.17, 15) is 13.2 Å². The predicted molar refractivity (Wildman–Crippen MR) is 124 cm³/mol. The van der Waals surface area contributed by atoms with E-state index in [1.807, 2.05) is 40.0 Å². The van der Waals surface area contributed by atoms with Crippen LogP contribution in [0, 0.1) is 5.92 Å². The second kappa shape index (κ2) is 8.82. The number of rotatable bonds is 5. The number of amides is 1. The van der Waals surface area contributed by atoms with E-state index in [0.717, 1.165) is 17.7 Å². The maximum atomic E-state index is 12.7. The first-order valence-electron chi connectivity index (χ1n) is 11.0. The molecule has 1 aromatic heterocycles. The van der Waals surface area contributed by atoms with Crippen LogP contribution >= 0.6 is 0 Å². The molecule has 0 saturated carbocycles. The Kier molecular flexibility index (Phi) is 5.72. The molecule has 2 aliphatic rings. The smallest absolute Gasteiger partial charge is 0.285 e. The number of fused-ring (bicyclic) bond motifs is 1. The van der Waals surface area contributed by atoms with Gasteiger partial charge in [0.1, 0.15) is 4.90 Å². The van der Waals surface area contributed by atoms with Gasteiger partial charge in [-0.3, -0.25) is 9.48 Å². The number of likely N-dealkylation sites (tertiary alicyclic amines) is 1. The molecule has 3 aromatic rings. The standard InChI is InChI=1S/C24H25N5O3S/c30-24(25-16-18-6-8-19(9-7-18)17-29-13-3-12-26-29)20-10-14-28(15-11-20)23-21-4-1-2-5-22(21)33(31,32)27-23/h1-9,12-13,20H,10-11,14-17H2,(H,25,30). The molecule has 8 nitrogen and oxygen atoms in total. The lowest BCUT2D eigenvalue weighted by Gasteiger charge is -2.32. The van der Waals surface area contributed by atoms with E-state index in [-0.39, 0.29) is 16.7 Å². The van der Waals surface area contributed by atoms with Crippen LogP contribution < -0.4 is 5.32 Å². The molecule has 3 heterocycles. The molecular weight excluding hydrogens is 438 g/mol.